The normalized spacial score (nSPS) is 15.3. The second kappa shape index (κ2) is 9.62. The first kappa shape index (κ1) is 21.5. The minimum absolute atomic E-state index is 0.0224. The molecule has 4 rings (SSSR count). The summed E-state index contributed by atoms with van der Waals surface area (Å²) in [5, 5.41) is 8.84. The van der Waals surface area contributed by atoms with E-state index in [1.54, 1.807) is 6.92 Å². The van der Waals surface area contributed by atoms with Crippen LogP contribution in [-0.4, -0.2) is 52.2 Å². The number of aromatic nitrogens is 3. The average molecular weight is 444 g/mol. The maximum absolute atomic E-state index is 12.1. The van der Waals surface area contributed by atoms with Crippen molar-refractivity contribution in [2.75, 3.05) is 31.6 Å². The fraction of sp³-hybridized carbons (Fsp3) is 0.455. The van der Waals surface area contributed by atoms with Crippen LogP contribution < -0.4 is 5.32 Å². The molecule has 9 heteroatoms. The number of carbonyl (C=O) groups excluding carboxylic acids is 1. The first-order valence-electron chi connectivity index (χ1n) is 10.5. The van der Waals surface area contributed by atoms with E-state index in [9.17, 15) is 4.79 Å². The molecule has 8 nitrogen and oxygen atoms in total. The number of carbonyl (C=O) groups is 1. The Kier molecular flexibility index (Phi) is 6.67. The lowest BCUT2D eigenvalue weighted by Crippen LogP contribution is -2.35. The molecule has 1 N–H and O–H groups in total. The van der Waals surface area contributed by atoms with Gasteiger partial charge in [-0.05, 0) is 63.4 Å². The van der Waals surface area contributed by atoms with Gasteiger partial charge in [0.05, 0.1) is 12.3 Å². The fourth-order valence-corrected chi connectivity index (χ4v) is 3.97. The number of anilines is 1. The van der Waals surface area contributed by atoms with E-state index in [0.717, 1.165) is 44.0 Å². The van der Waals surface area contributed by atoms with E-state index in [-0.39, 0.29) is 18.1 Å². The summed E-state index contributed by atoms with van der Waals surface area (Å²) in [5.41, 5.74) is 2.25. The van der Waals surface area contributed by atoms with Gasteiger partial charge in [-0.25, -0.2) is 9.78 Å². The summed E-state index contributed by atoms with van der Waals surface area (Å²) in [6.45, 7) is 7.60. The highest BCUT2D eigenvalue weighted by Crippen LogP contribution is 2.26. The third kappa shape index (κ3) is 5.14. The van der Waals surface area contributed by atoms with Crippen LogP contribution in [0.5, 0.6) is 0 Å². The molecule has 0 unspecified atom stereocenters. The maximum atomic E-state index is 12.1. The molecule has 1 aliphatic rings. The summed E-state index contributed by atoms with van der Waals surface area (Å²) in [6, 6.07) is 8.04. The minimum Gasteiger partial charge on any atom is -0.460 e. The van der Waals surface area contributed by atoms with Gasteiger partial charge in [-0.1, -0.05) is 28.9 Å². The van der Waals surface area contributed by atoms with Crippen molar-refractivity contribution < 1.29 is 14.1 Å². The number of ether oxygens (including phenoxy) is 1. The molecule has 0 bridgehead atoms. The van der Waals surface area contributed by atoms with Crippen LogP contribution in [0.25, 0.3) is 11.1 Å². The van der Waals surface area contributed by atoms with Crippen molar-refractivity contribution in [3.05, 3.63) is 46.4 Å². The van der Waals surface area contributed by atoms with E-state index in [2.05, 4.69) is 37.5 Å². The number of benzene rings is 1. The van der Waals surface area contributed by atoms with Crippen LogP contribution in [-0.2, 0) is 11.3 Å². The molecule has 0 atom stereocenters. The maximum Gasteiger partial charge on any atom is 0.376 e. The van der Waals surface area contributed by atoms with Crippen molar-refractivity contribution in [3.8, 4) is 0 Å². The zero-order valence-electron chi connectivity index (χ0n) is 17.7. The zero-order valence-corrected chi connectivity index (χ0v) is 18.5. The van der Waals surface area contributed by atoms with Crippen LogP contribution in [0, 0.1) is 12.8 Å². The molecule has 1 aromatic carbocycles. The summed E-state index contributed by atoms with van der Waals surface area (Å²) < 4.78 is 10.3. The lowest BCUT2D eigenvalue weighted by Gasteiger charge is -2.32. The van der Waals surface area contributed by atoms with Crippen LogP contribution in [0.1, 0.15) is 41.6 Å². The average Bonchev–Trinajstić information content (AvgIpc) is 3.16. The van der Waals surface area contributed by atoms with Gasteiger partial charge in [-0.3, -0.25) is 4.90 Å². The highest BCUT2D eigenvalue weighted by molar-refractivity contribution is 6.30. The van der Waals surface area contributed by atoms with Crippen molar-refractivity contribution >= 4 is 34.5 Å². The topological polar surface area (TPSA) is 93.4 Å². The summed E-state index contributed by atoms with van der Waals surface area (Å²) >= 11 is 5.98. The molecule has 1 fully saturated rings. The van der Waals surface area contributed by atoms with Crippen molar-refractivity contribution in [2.45, 2.75) is 33.2 Å². The third-order valence-electron chi connectivity index (χ3n) is 5.55. The van der Waals surface area contributed by atoms with Gasteiger partial charge >= 0.3 is 5.97 Å². The van der Waals surface area contributed by atoms with E-state index in [0.29, 0.717) is 22.8 Å². The third-order valence-corrected chi connectivity index (χ3v) is 5.80. The van der Waals surface area contributed by atoms with E-state index < -0.39 is 5.97 Å². The number of halogens is 1. The quantitative estimate of drug-likeness (QED) is 0.546. The van der Waals surface area contributed by atoms with Crippen molar-refractivity contribution in [2.24, 2.45) is 5.92 Å². The molecule has 0 amide bonds. The molecule has 0 radical (unpaired) electrons. The first-order valence-corrected chi connectivity index (χ1v) is 10.9. The Hall–Kier alpha value is -2.71. The number of fused-ring (bicyclic) bond motifs is 1. The van der Waals surface area contributed by atoms with Gasteiger partial charge in [0.2, 0.25) is 5.82 Å². The Morgan fingerprint density at radius 1 is 1.26 bits per heavy atom. The zero-order chi connectivity index (χ0) is 21.8. The molecule has 0 aliphatic carbocycles. The number of esters is 1. The van der Waals surface area contributed by atoms with Gasteiger partial charge in [0, 0.05) is 18.1 Å². The Morgan fingerprint density at radius 2 is 2.00 bits per heavy atom. The van der Waals surface area contributed by atoms with Crippen LogP contribution in [0.15, 0.2) is 28.8 Å². The molecule has 1 aliphatic heterocycles. The first-order chi connectivity index (χ1) is 15.0. The number of hydrogen-bond donors (Lipinski definition) is 1. The fourth-order valence-electron chi connectivity index (χ4n) is 3.84. The predicted molar refractivity (Wildman–Crippen MR) is 118 cm³/mol. The largest absolute Gasteiger partial charge is 0.460 e. The molecule has 3 aromatic rings. The Bertz CT molecular complexity index is 1050. The molecule has 31 heavy (non-hydrogen) atoms. The second-order valence-electron chi connectivity index (χ2n) is 7.79. The smallest absolute Gasteiger partial charge is 0.376 e. The number of likely N-dealkylation sites (tertiary alicyclic amines) is 1. The van der Waals surface area contributed by atoms with Crippen molar-refractivity contribution in [3.63, 3.8) is 0 Å². The van der Waals surface area contributed by atoms with E-state index in [1.165, 1.54) is 5.56 Å². The van der Waals surface area contributed by atoms with E-state index in [4.69, 9.17) is 20.9 Å². The minimum atomic E-state index is -0.572. The number of aryl methyl sites for hydroxylation is 1. The molecule has 164 valence electrons. The second-order valence-corrected chi connectivity index (χ2v) is 8.23. The van der Waals surface area contributed by atoms with Gasteiger partial charge < -0.3 is 14.6 Å². The van der Waals surface area contributed by atoms with Gasteiger partial charge in [0.15, 0.2) is 0 Å². The summed E-state index contributed by atoms with van der Waals surface area (Å²) in [5.74, 6) is 0.482. The number of nitrogens with one attached hydrogen (secondary N) is 1. The number of hydrogen-bond acceptors (Lipinski definition) is 8. The lowest BCUT2D eigenvalue weighted by molar-refractivity contribution is 0.0512. The van der Waals surface area contributed by atoms with Crippen molar-refractivity contribution in [1.29, 1.82) is 0 Å². The Balaban J connectivity index is 1.37. The Morgan fingerprint density at radius 3 is 2.71 bits per heavy atom. The summed E-state index contributed by atoms with van der Waals surface area (Å²) in [4.78, 5) is 23.1. The molecule has 3 heterocycles. The van der Waals surface area contributed by atoms with Crippen LogP contribution in [0.2, 0.25) is 5.02 Å². The van der Waals surface area contributed by atoms with Crippen LogP contribution >= 0.6 is 11.6 Å². The predicted octanol–water partition coefficient (Wildman–Crippen LogP) is 4.08. The van der Waals surface area contributed by atoms with Crippen LogP contribution in [0.4, 0.5) is 5.82 Å². The van der Waals surface area contributed by atoms with Gasteiger partial charge in [-0.2, -0.15) is 4.98 Å². The highest BCUT2D eigenvalue weighted by Gasteiger charge is 2.22. The van der Waals surface area contributed by atoms with Crippen LogP contribution in [0.3, 0.4) is 0 Å². The van der Waals surface area contributed by atoms with Gasteiger partial charge in [-0.15, -0.1) is 0 Å². The number of piperidine rings is 1. The standard InChI is InChI=1S/C22H26ClN5O3/c1-3-30-22(29)20-25-19(18-14(2)27-31-21(18)26-20)24-12-15-8-10-28(11-9-15)13-16-4-6-17(23)7-5-16/h4-7,15H,3,8-13H2,1-2H3,(H,24,25,26). The SMILES string of the molecule is CCOC(=O)c1nc(NCC2CCN(Cc3ccc(Cl)cc3)CC2)c2c(C)noc2n1. The van der Waals surface area contributed by atoms with Gasteiger partial charge in [0.1, 0.15) is 11.2 Å². The van der Waals surface area contributed by atoms with Gasteiger partial charge in [0.25, 0.3) is 5.71 Å². The monoisotopic (exact) mass is 443 g/mol. The molecule has 2 aromatic heterocycles. The molecular weight excluding hydrogens is 418 g/mol. The number of nitrogens with zero attached hydrogens (tertiary/aromatic N) is 4. The molecule has 0 spiro atoms. The summed E-state index contributed by atoms with van der Waals surface area (Å²) in [7, 11) is 0. The molecular formula is C22H26ClN5O3. The summed E-state index contributed by atoms with van der Waals surface area (Å²) in [6.07, 6.45) is 2.17. The van der Waals surface area contributed by atoms with Crippen molar-refractivity contribution in [1.82, 2.24) is 20.0 Å². The molecule has 1 saturated heterocycles. The molecule has 0 saturated carbocycles. The van der Waals surface area contributed by atoms with E-state index >= 15 is 0 Å². The highest BCUT2D eigenvalue weighted by atomic mass is 35.5. The lowest BCUT2D eigenvalue weighted by atomic mass is 9.96. The number of rotatable bonds is 7. The van der Waals surface area contributed by atoms with E-state index in [1.807, 2.05) is 19.1 Å². The Labute approximate surface area is 185 Å².